The Labute approximate surface area is 103 Å². The van der Waals surface area contributed by atoms with Crippen LogP contribution in [0.4, 0.5) is 0 Å². The number of rotatable bonds is 5. The maximum absolute atomic E-state index is 9.20. The summed E-state index contributed by atoms with van der Waals surface area (Å²) in [7, 11) is 0. The van der Waals surface area contributed by atoms with Crippen LogP contribution in [0.25, 0.3) is 0 Å². The molecule has 3 nitrogen and oxygen atoms in total. The molecular formula is C14H22N2O. The van der Waals surface area contributed by atoms with E-state index in [0.717, 1.165) is 6.54 Å². The minimum absolute atomic E-state index is 0.331. The van der Waals surface area contributed by atoms with Crippen molar-refractivity contribution in [3.63, 3.8) is 0 Å². The number of hydrogen-bond donors (Lipinski definition) is 3. The van der Waals surface area contributed by atoms with Crippen LogP contribution in [0.5, 0.6) is 5.75 Å². The Bertz CT molecular complexity index is 331. The summed E-state index contributed by atoms with van der Waals surface area (Å²) in [4.78, 5) is 0. The maximum Gasteiger partial charge on any atom is 0.115 e. The standard InChI is InChI=1S/C14H22N2O/c1-11(9-13-3-2-8-15-13)16-10-12-4-6-14(17)7-5-12/h4-7,11,13,15-17H,2-3,8-10H2,1H3. The van der Waals surface area contributed by atoms with Crippen molar-refractivity contribution in [1.29, 1.82) is 0 Å². The zero-order valence-electron chi connectivity index (χ0n) is 10.4. The van der Waals surface area contributed by atoms with E-state index in [-0.39, 0.29) is 0 Å². The minimum Gasteiger partial charge on any atom is -0.508 e. The molecule has 3 heteroatoms. The lowest BCUT2D eigenvalue weighted by Gasteiger charge is -2.18. The number of nitrogens with one attached hydrogen (secondary N) is 2. The summed E-state index contributed by atoms with van der Waals surface area (Å²) < 4.78 is 0. The second-order valence-corrected chi connectivity index (χ2v) is 4.98. The van der Waals surface area contributed by atoms with Crippen molar-refractivity contribution >= 4 is 0 Å². The largest absolute Gasteiger partial charge is 0.508 e. The molecule has 1 saturated heterocycles. The van der Waals surface area contributed by atoms with Crippen molar-refractivity contribution in [2.75, 3.05) is 6.54 Å². The highest BCUT2D eigenvalue weighted by molar-refractivity contribution is 5.25. The molecule has 1 aliphatic heterocycles. The summed E-state index contributed by atoms with van der Waals surface area (Å²) in [6.45, 7) is 4.28. The van der Waals surface area contributed by atoms with Gasteiger partial charge in [-0.25, -0.2) is 0 Å². The van der Waals surface area contributed by atoms with Gasteiger partial charge >= 0.3 is 0 Å². The van der Waals surface area contributed by atoms with Gasteiger partial charge in [-0.15, -0.1) is 0 Å². The molecule has 0 aromatic heterocycles. The Hall–Kier alpha value is -1.06. The third-order valence-corrected chi connectivity index (χ3v) is 3.39. The molecule has 2 atom stereocenters. The van der Waals surface area contributed by atoms with Gasteiger partial charge in [0.15, 0.2) is 0 Å². The summed E-state index contributed by atoms with van der Waals surface area (Å²) in [6.07, 6.45) is 3.82. The fraction of sp³-hybridized carbons (Fsp3) is 0.571. The first-order chi connectivity index (χ1) is 8.24. The van der Waals surface area contributed by atoms with E-state index in [4.69, 9.17) is 0 Å². The summed E-state index contributed by atoms with van der Waals surface area (Å²) in [6, 6.07) is 8.61. The highest BCUT2D eigenvalue weighted by atomic mass is 16.3. The predicted octanol–water partition coefficient (Wildman–Crippen LogP) is 2.01. The van der Waals surface area contributed by atoms with Crippen LogP contribution in [0.2, 0.25) is 0 Å². The molecule has 1 heterocycles. The van der Waals surface area contributed by atoms with Gasteiger partial charge in [0.2, 0.25) is 0 Å². The van der Waals surface area contributed by atoms with Crippen LogP contribution in [-0.4, -0.2) is 23.7 Å². The van der Waals surface area contributed by atoms with Gasteiger partial charge in [-0.1, -0.05) is 12.1 Å². The Balaban J connectivity index is 1.71. The molecule has 17 heavy (non-hydrogen) atoms. The Morgan fingerprint density at radius 1 is 1.41 bits per heavy atom. The van der Waals surface area contributed by atoms with E-state index in [9.17, 15) is 5.11 Å². The van der Waals surface area contributed by atoms with Crippen LogP contribution in [0.1, 0.15) is 31.7 Å². The lowest BCUT2D eigenvalue weighted by atomic mass is 10.1. The zero-order chi connectivity index (χ0) is 12.1. The minimum atomic E-state index is 0.331. The third kappa shape index (κ3) is 4.02. The first kappa shape index (κ1) is 12.4. The quantitative estimate of drug-likeness (QED) is 0.730. The van der Waals surface area contributed by atoms with E-state index in [1.807, 2.05) is 12.1 Å². The monoisotopic (exact) mass is 234 g/mol. The average molecular weight is 234 g/mol. The van der Waals surface area contributed by atoms with Crippen molar-refractivity contribution in [2.45, 2.75) is 44.8 Å². The smallest absolute Gasteiger partial charge is 0.115 e. The molecule has 1 aromatic carbocycles. The van der Waals surface area contributed by atoms with Gasteiger partial charge in [0.05, 0.1) is 0 Å². The summed E-state index contributed by atoms with van der Waals surface area (Å²) in [5, 5.41) is 16.2. The van der Waals surface area contributed by atoms with E-state index in [0.29, 0.717) is 17.8 Å². The normalized spacial score (nSPS) is 21.6. The van der Waals surface area contributed by atoms with Gasteiger partial charge < -0.3 is 15.7 Å². The van der Waals surface area contributed by atoms with E-state index in [1.54, 1.807) is 12.1 Å². The van der Waals surface area contributed by atoms with E-state index in [1.165, 1.54) is 31.4 Å². The number of phenols is 1. The number of phenolic OH excluding ortho intramolecular Hbond substituents is 1. The summed E-state index contributed by atoms with van der Waals surface area (Å²) >= 11 is 0. The van der Waals surface area contributed by atoms with Crippen molar-refractivity contribution in [1.82, 2.24) is 10.6 Å². The zero-order valence-corrected chi connectivity index (χ0v) is 10.4. The van der Waals surface area contributed by atoms with E-state index < -0.39 is 0 Å². The molecular weight excluding hydrogens is 212 g/mol. The third-order valence-electron chi connectivity index (χ3n) is 3.39. The van der Waals surface area contributed by atoms with Crippen LogP contribution in [0.15, 0.2) is 24.3 Å². The highest BCUT2D eigenvalue weighted by Gasteiger charge is 2.16. The Morgan fingerprint density at radius 2 is 2.18 bits per heavy atom. The SMILES string of the molecule is CC(CC1CCCN1)NCc1ccc(O)cc1. The van der Waals surface area contributed by atoms with E-state index in [2.05, 4.69) is 17.6 Å². The molecule has 1 aromatic rings. The van der Waals surface area contributed by atoms with Crippen molar-refractivity contribution in [2.24, 2.45) is 0 Å². The molecule has 1 aliphatic rings. The van der Waals surface area contributed by atoms with Crippen molar-refractivity contribution in [3.05, 3.63) is 29.8 Å². The maximum atomic E-state index is 9.20. The van der Waals surface area contributed by atoms with Gasteiger partial charge in [-0.2, -0.15) is 0 Å². The lowest BCUT2D eigenvalue weighted by molar-refractivity contribution is 0.439. The topological polar surface area (TPSA) is 44.3 Å². The van der Waals surface area contributed by atoms with Gasteiger partial charge in [0, 0.05) is 18.6 Å². The second kappa shape index (κ2) is 6.03. The Kier molecular flexibility index (Phi) is 4.40. The fourth-order valence-electron chi connectivity index (χ4n) is 2.37. The first-order valence-electron chi connectivity index (χ1n) is 6.49. The second-order valence-electron chi connectivity index (χ2n) is 4.98. The van der Waals surface area contributed by atoms with Gasteiger partial charge in [-0.05, 0) is 50.4 Å². The molecule has 0 bridgehead atoms. The number of hydrogen-bond acceptors (Lipinski definition) is 3. The molecule has 0 radical (unpaired) electrons. The number of benzene rings is 1. The average Bonchev–Trinajstić information content (AvgIpc) is 2.81. The number of aromatic hydroxyl groups is 1. The van der Waals surface area contributed by atoms with Crippen LogP contribution < -0.4 is 10.6 Å². The molecule has 94 valence electrons. The molecule has 0 saturated carbocycles. The van der Waals surface area contributed by atoms with Crippen molar-refractivity contribution < 1.29 is 5.11 Å². The van der Waals surface area contributed by atoms with Crippen LogP contribution in [0, 0.1) is 0 Å². The highest BCUT2D eigenvalue weighted by Crippen LogP contribution is 2.12. The van der Waals surface area contributed by atoms with Crippen LogP contribution in [0.3, 0.4) is 0 Å². The predicted molar refractivity (Wildman–Crippen MR) is 70.1 cm³/mol. The van der Waals surface area contributed by atoms with Gasteiger partial charge in [0.1, 0.15) is 5.75 Å². The molecule has 1 fully saturated rings. The Morgan fingerprint density at radius 3 is 2.82 bits per heavy atom. The van der Waals surface area contributed by atoms with Gasteiger partial charge in [0.25, 0.3) is 0 Å². The molecule has 0 amide bonds. The molecule has 2 rings (SSSR count). The van der Waals surface area contributed by atoms with E-state index >= 15 is 0 Å². The lowest BCUT2D eigenvalue weighted by Crippen LogP contribution is -2.33. The van der Waals surface area contributed by atoms with Crippen molar-refractivity contribution in [3.8, 4) is 5.75 Å². The summed E-state index contributed by atoms with van der Waals surface area (Å²) in [5.74, 6) is 0.331. The van der Waals surface area contributed by atoms with Gasteiger partial charge in [-0.3, -0.25) is 0 Å². The van der Waals surface area contributed by atoms with Crippen LogP contribution >= 0.6 is 0 Å². The molecule has 0 spiro atoms. The van der Waals surface area contributed by atoms with Crippen LogP contribution in [-0.2, 0) is 6.54 Å². The first-order valence-corrected chi connectivity index (χ1v) is 6.49. The molecule has 3 N–H and O–H groups in total. The summed E-state index contributed by atoms with van der Waals surface area (Å²) in [5.41, 5.74) is 1.22. The molecule has 0 aliphatic carbocycles. The fourth-order valence-corrected chi connectivity index (χ4v) is 2.37. The molecule has 2 unspecified atom stereocenters.